The summed E-state index contributed by atoms with van der Waals surface area (Å²) in [5.41, 5.74) is 0. The number of hydrogen-bond donors (Lipinski definition) is 2. The Morgan fingerprint density at radius 2 is 1.83 bits per heavy atom. The minimum Gasteiger partial charge on any atom is -0.693 e. The first-order chi connectivity index (χ1) is 4.50. The Bertz CT molecular complexity index is 86.0. The van der Waals surface area contributed by atoms with Crippen LogP contribution in [0.15, 0.2) is 0 Å². The van der Waals surface area contributed by atoms with E-state index in [2.05, 4.69) is 20.8 Å². The normalized spacial score (nSPS) is 7.08. The standard InChI is InChI=1S/C4H9.C3H5O3.Au.H2N/c1-4(2)3;4-2-1-3(5)6;;/h4H,1H2,2-3H3;2,4H,1H2,(H,5,6);;1H2/q2*-1;+3;-1. The van der Waals surface area contributed by atoms with E-state index in [0.717, 1.165) is 0 Å². The number of rotatable bonds is 2. The molecule has 0 radical (unpaired) electrons. The molecule has 4 N–H and O–H groups in total. The van der Waals surface area contributed by atoms with Gasteiger partial charge < -0.3 is 23.3 Å². The van der Waals surface area contributed by atoms with Gasteiger partial charge in [0.05, 0.1) is 0 Å². The Kier molecular flexibility index (Phi) is 32.7. The Labute approximate surface area is 89.5 Å². The minimum absolute atomic E-state index is 0. The van der Waals surface area contributed by atoms with E-state index < -0.39 is 5.97 Å². The molecule has 12 heavy (non-hydrogen) atoms. The number of nitrogens with two attached hydrogens (primary N) is 1. The average molecular weight is 359 g/mol. The predicted octanol–water partition coefficient (Wildman–Crippen LogP) is 2.19. The van der Waals surface area contributed by atoms with Crippen LogP contribution in [0.2, 0.25) is 0 Å². The van der Waals surface area contributed by atoms with Crippen molar-refractivity contribution in [3.63, 3.8) is 0 Å². The largest absolute Gasteiger partial charge is 3.00 e. The fourth-order valence-electron chi connectivity index (χ4n) is 0.0781. The van der Waals surface area contributed by atoms with Crippen LogP contribution in [-0.2, 0) is 27.2 Å². The van der Waals surface area contributed by atoms with Crippen LogP contribution >= 0.6 is 0 Å². The van der Waals surface area contributed by atoms with Crippen molar-refractivity contribution in [3.05, 3.63) is 19.7 Å². The van der Waals surface area contributed by atoms with Crippen molar-refractivity contribution in [3.8, 4) is 0 Å². The summed E-state index contributed by atoms with van der Waals surface area (Å²) < 4.78 is 0. The molecule has 0 spiro atoms. The number of aliphatic carboxylic acids is 1. The van der Waals surface area contributed by atoms with E-state index in [1.165, 1.54) is 0 Å². The molecule has 4 nitrogen and oxygen atoms in total. The molecular formula is C7H16AuNO3. The molecule has 0 bridgehead atoms. The molecule has 0 aromatic carbocycles. The summed E-state index contributed by atoms with van der Waals surface area (Å²) in [6.45, 7) is 8.35. The molecule has 0 aliphatic carbocycles. The van der Waals surface area contributed by atoms with Crippen LogP contribution in [-0.4, -0.2) is 16.2 Å². The van der Waals surface area contributed by atoms with Gasteiger partial charge >= 0.3 is 22.4 Å². The van der Waals surface area contributed by atoms with Crippen molar-refractivity contribution in [2.45, 2.75) is 20.3 Å². The van der Waals surface area contributed by atoms with Gasteiger partial charge in [-0.3, -0.25) is 4.79 Å². The molecule has 0 unspecified atom stereocenters. The Balaban J connectivity index is -0.0000000483. The molecule has 5 heteroatoms. The van der Waals surface area contributed by atoms with E-state index in [1.807, 2.05) is 0 Å². The first-order valence-electron chi connectivity index (χ1n) is 3.01. The van der Waals surface area contributed by atoms with E-state index in [-0.39, 0.29) is 35.0 Å². The first kappa shape index (κ1) is 22.7. The van der Waals surface area contributed by atoms with Gasteiger partial charge in [0.2, 0.25) is 0 Å². The van der Waals surface area contributed by atoms with E-state index in [9.17, 15) is 4.79 Å². The van der Waals surface area contributed by atoms with Crippen molar-refractivity contribution in [2.75, 3.05) is 0 Å². The maximum Gasteiger partial charge on any atom is 3.00 e. The second-order valence-corrected chi connectivity index (χ2v) is 2.17. The molecule has 0 amide bonds. The summed E-state index contributed by atoms with van der Waals surface area (Å²) in [6, 6.07) is 0. The number of carboxylic acid groups (broad SMARTS) is 1. The van der Waals surface area contributed by atoms with Crippen molar-refractivity contribution >= 4 is 5.97 Å². The number of carboxylic acids is 1. The van der Waals surface area contributed by atoms with Gasteiger partial charge in [-0.15, -0.1) is 0 Å². The van der Waals surface area contributed by atoms with Gasteiger partial charge in [-0.05, 0) is 0 Å². The SMILES string of the molecule is O=C(O)C[CH-]O.[Au+3].[CH2-]C(C)C.[NH2-]. The van der Waals surface area contributed by atoms with Gasteiger partial charge in [0.25, 0.3) is 5.97 Å². The van der Waals surface area contributed by atoms with Crippen LogP contribution in [0.1, 0.15) is 20.3 Å². The van der Waals surface area contributed by atoms with Crippen molar-refractivity contribution in [2.24, 2.45) is 5.92 Å². The van der Waals surface area contributed by atoms with E-state index >= 15 is 0 Å². The van der Waals surface area contributed by atoms with Crippen LogP contribution in [0.5, 0.6) is 0 Å². The molecular weight excluding hydrogens is 343 g/mol. The van der Waals surface area contributed by atoms with Crippen LogP contribution in [0.4, 0.5) is 0 Å². The zero-order valence-electron chi connectivity index (χ0n) is 7.25. The van der Waals surface area contributed by atoms with Gasteiger partial charge in [0.15, 0.2) is 0 Å². The zero-order chi connectivity index (χ0) is 8.57. The molecule has 0 aliphatic heterocycles. The van der Waals surface area contributed by atoms with Crippen molar-refractivity contribution in [1.82, 2.24) is 0 Å². The fourth-order valence-corrected chi connectivity index (χ4v) is 0.0781. The van der Waals surface area contributed by atoms with Gasteiger partial charge in [0.1, 0.15) is 0 Å². The van der Waals surface area contributed by atoms with Crippen LogP contribution in [0.25, 0.3) is 6.15 Å². The molecule has 78 valence electrons. The molecule has 0 heterocycles. The number of aliphatic hydroxyl groups is 1. The summed E-state index contributed by atoms with van der Waals surface area (Å²) in [5.74, 6) is -0.433. The van der Waals surface area contributed by atoms with Crippen LogP contribution in [0.3, 0.4) is 0 Å². The van der Waals surface area contributed by atoms with E-state index in [1.54, 1.807) is 0 Å². The van der Waals surface area contributed by atoms with Gasteiger partial charge in [-0.25, -0.2) is 6.61 Å². The van der Waals surface area contributed by atoms with Gasteiger partial charge in [0, 0.05) is 0 Å². The third-order valence-electron chi connectivity index (χ3n) is 0.266. The summed E-state index contributed by atoms with van der Waals surface area (Å²) in [4.78, 5) is 9.41. The Hall–Kier alpha value is 0.130. The van der Waals surface area contributed by atoms with Crippen LogP contribution in [0, 0.1) is 19.4 Å². The summed E-state index contributed by atoms with van der Waals surface area (Å²) >= 11 is 0. The monoisotopic (exact) mass is 359 g/mol. The third kappa shape index (κ3) is 86.2. The molecule has 0 aromatic rings. The summed E-state index contributed by atoms with van der Waals surface area (Å²) in [5, 5.41) is 15.5. The van der Waals surface area contributed by atoms with Gasteiger partial charge in [-0.2, -0.15) is 5.92 Å². The van der Waals surface area contributed by atoms with Crippen LogP contribution < -0.4 is 0 Å². The molecule has 0 rings (SSSR count). The number of aliphatic hydroxyl groups excluding tert-OH is 1. The number of carbonyl (C=O) groups is 1. The maximum absolute atomic E-state index is 9.41. The molecule has 0 fully saturated rings. The molecule has 0 saturated heterocycles. The smallest absolute Gasteiger partial charge is 0.693 e. The third-order valence-corrected chi connectivity index (χ3v) is 0.266. The van der Waals surface area contributed by atoms with E-state index in [0.29, 0.717) is 12.5 Å². The summed E-state index contributed by atoms with van der Waals surface area (Å²) in [6.07, 6.45) is -0.278. The first-order valence-corrected chi connectivity index (χ1v) is 3.01. The van der Waals surface area contributed by atoms with E-state index in [4.69, 9.17) is 10.2 Å². The topological polar surface area (TPSA) is 91.0 Å². The Morgan fingerprint density at radius 3 is 1.83 bits per heavy atom. The van der Waals surface area contributed by atoms with Gasteiger partial charge in [-0.1, -0.05) is 20.3 Å². The second-order valence-electron chi connectivity index (χ2n) is 2.17. The average Bonchev–Trinajstić information content (AvgIpc) is 1.62. The molecule has 0 saturated carbocycles. The Morgan fingerprint density at radius 1 is 1.58 bits per heavy atom. The second kappa shape index (κ2) is 17.3. The van der Waals surface area contributed by atoms with Crippen molar-refractivity contribution < 1.29 is 37.4 Å². The van der Waals surface area contributed by atoms with Crippen molar-refractivity contribution in [1.29, 1.82) is 0 Å². The minimum atomic E-state index is -1.02. The fraction of sp³-hybridized carbons (Fsp3) is 0.571. The summed E-state index contributed by atoms with van der Waals surface area (Å²) in [7, 11) is 0. The molecule has 0 atom stereocenters. The quantitative estimate of drug-likeness (QED) is 0.585. The molecule has 0 aliphatic rings. The molecule has 0 aromatic heterocycles. The maximum atomic E-state index is 9.41. The number of hydrogen-bond acceptors (Lipinski definition) is 2. The zero-order valence-corrected chi connectivity index (χ0v) is 9.42. The predicted molar refractivity (Wildman–Crippen MR) is 44.0 cm³/mol.